The monoisotopic (exact) mass is 1040 g/mol. The first-order valence-electron chi connectivity index (χ1n) is 27.1. The Bertz CT molecular complexity index is 2430. The predicted molar refractivity (Wildman–Crippen MR) is 297 cm³/mol. The second-order valence-corrected chi connectivity index (χ2v) is 22.1. The Morgan fingerprint density at radius 1 is 0.645 bits per heavy atom. The first-order chi connectivity index (χ1) is 36.2. The summed E-state index contributed by atoms with van der Waals surface area (Å²) < 4.78 is 5.52. The predicted octanol–water partition coefficient (Wildman–Crippen LogP) is 13.8. The van der Waals surface area contributed by atoms with Crippen molar-refractivity contribution in [1.82, 2.24) is 15.7 Å². The van der Waals surface area contributed by atoms with Crippen LogP contribution in [0.1, 0.15) is 192 Å². The van der Waals surface area contributed by atoms with Crippen LogP contribution in [0, 0.1) is 50.2 Å². The second-order valence-electron chi connectivity index (χ2n) is 22.1. The van der Waals surface area contributed by atoms with Gasteiger partial charge in [-0.25, -0.2) is 9.59 Å². The Balaban J connectivity index is 0.000000314. The molecule has 1 fully saturated rings. The Morgan fingerprint density at radius 2 is 1.09 bits per heavy atom. The van der Waals surface area contributed by atoms with Crippen molar-refractivity contribution < 1.29 is 33.5 Å². The molecule has 0 aromatic heterocycles. The largest absolute Gasteiger partial charge is 0.446 e. The van der Waals surface area contributed by atoms with E-state index in [1.54, 1.807) is 6.92 Å². The molecular weight excluding hydrogens is 953 g/mol. The minimum Gasteiger partial charge on any atom is -0.446 e. The van der Waals surface area contributed by atoms with Crippen molar-refractivity contribution in [1.29, 1.82) is 15.8 Å². The Morgan fingerprint density at radius 3 is 1.54 bits per heavy atom. The van der Waals surface area contributed by atoms with Gasteiger partial charge in [-0.1, -0.05) is 110 Å². The van der Waals surface area contributed by atoms with Crippen LogP contribution in [0.3, 0.4) is 0 Å². The Hall–Kier alpha value is -7.04. The molecular formula is C63H84N6O7. The third-order valence-electron chi connectivity index (χ3n) is 13.5. The second kappa shape index (κ2) is 33.1. The van der Waals surface area contributed by atoms with E-state index < -0.39 is 16.8 Å². The summed E-state index contributed by atoms with van der Waals surface area (Å²) in [5.41, 5.74) is 2.73. The fraction of sp³-hybridized carbons (Fsp3) is 0.524. The molecule has 1 aliphatic carbocycles. The minimum atomic E-state index is -0.483. The summed E-state index contributed by atoms with van der Waals surface area (Å²) in [5, 5.41) is 34.6. The van der Waals surface area contributed by atoms with Crippen molar-refractivity contribution in [3.63, 3.8) is 0 Å². The van der Waals surface area contributed by atoms with Crippen LogP contribution < -0.4 is 10.6 Å². The lowest BCUT2D eigenvalue weighted by Crippen LogP contribution is -2.32. The molecule has 3 aromatic rings. The highest BCUT2D eigenvalue weighted by Crippen LogP contribution is 2.37. The molecule has 13 nitrogen and oxygen atoms in total. The molecule has 4 unspecified atom stereocenters. The average Bonchev–Trinajstić information content (AvgIpc) is 3.71. The smallest absolute Gasteiger partial charge is 0.407 e. The lowest BCUT2D eigenvalue weighted by atomic mass is 9.79. The van der Waals surface area contributed by atoms with E-state index in [1.165, 1.54) is 5.56 Å². The maximum atomic E-state index is 12.3. The van der Waals surface area contributed by atoms with E-state index in [1.807, 2.05) is 108 Å². The Labute approximate surface area is 454 Å². The van der Waals surface area contributed by atoms with Crippen molar-refractivity contribution in [2.75, 3.05) is 13.1 Å². The van der Waals surface area contributed by atoms with Crippen molar-refractivity contribution >= 4 is 29.7 Å². The molecule has 408 valence electrons. The van der Waals surface area contributed by atoms with E-state index in [0.29, 0.717) is 76.6 Å². The van der Waals surface area contributed by atoms with Crippen molar-refractivity contribution in [3.8, 4) is 18.2 Å². The normalized spacial score (nSPS) is 16.1. The van der Waals surface area contributed by atoms with E-state index in [4.69, 9.17) is 14.8 Å². The van der Waals surface area contributed by atoms with Gasteiger partial charge in [-0.05, 0) is 166 Å². The van der Waals surface area contributed by atoms with Gasteiger partial charge in [-0.15, -0.1) is 5.06 Å². The number of amides is 3. The number of allylic oxidation sites excluding steroid dienone is 3. The highest BCUT2D eigenvalue weighted by molar-refractivity contribution is 5.82. The number of nitriles is 3. The van der Waals surface area contributed by atoms with Crippen LogP contribution in [-0.2, 0) is 28.8 Å². The summed E-state index contributed by atoms with van der Waals surface area (Å²) in [5.74, 6) is 0.0367. The molecule has 2 aliphatic rings. The zero-order valence-corrected chi connectivity index (χ0v) is 46.4. The molecule has 4 atom stereocenters. The fourth-order valence-corrected chi connectivity index (χ4v) is 9.22. The van der Waals surface area contributed by atoms with E-state index in [9.17, 15) is 34.5 Å². The number of hydrogen-bond donors (Lipinski definition) is 2. The standard InChI is InChI=1S/C27H39N3O3.C20H24N2O3.C16H21NO/c1-27(2,21-28)20-23(22-12-7-6-8-13-22)16-17-25(31)29-18-11-19-30-26(32)33-24-14-9-4-3-5-10-15-24;1-15-9-11-18(23)22(15)25-19(24)12-10-17(13-20(2,3)14-21)16-7-5-4-6-8-16;1-13(18)9-10-15(11-16(2,3)12-17)14-7-5-4-6-8-14/h3-4,6-8,12-13,23-24H,5,9-11,14-20H2,1-2H3,(H,29,31)(H,30,32);4-8,17H,1,9-13H2,2-3H3;4-8,15H,9-11H2,1-3H3/b4-3+;;. The molecule has 13 heteroatoms. The number of ketones is 1. The van der Waals surface area contributed by atoms with Crippen LogP contribution in [0.15, 0.2) is 115 Å². The zero-order chi connectivity index (χ0) is 56.0. The van der Waals surface area contributed by atoms with Gasteiger partial charge in [0.05, 0.1) is 40.1 Å². The maximum Gasteiger partial charge on any atom is 0.407 e. The van der Waals surface area contributed by atoms with Crippen LogP contribution in [0.4, 0.5) is 4.79 Å². The number of Topliss-reactive ketones (excluding diaryl/α,β-unsaturated/α-hetero) is 1. The molecule has 0 saturated carbocycles. The number of hydrogen-bond acceptors (Lipinski definition) is 10. The van der Waals surface area contributed by atoms with Crippen molar-refractivity contribution in [3.05, 3.63) is 132 Å². The molecule has 1 saturated heterocycles. The quantitative estimate of drug-likeness (QED) is 0.0642. The van der Waals surface area contributed by atoms with Gasteiger partial charge >= 0.3 is 12.1 Å². The van der Waals surface area contributed by atoms with Gasteiger partial charge < -0.3 is 25.0 Å². The number of nitrogens with one attached hydrogen (secondary N) is 2. The summed E-state index contributed by atoms with van der Waals surface area (Å²) >= 11 is 0. The van der Waals surface area contributed by atoms with Gasteiger partial charge in [-0.2, -0.15) is 15.8 Å². The van der Waals surface area contributed by atoms with Gasteiger partial charge in [0.1, 0.15) is 11.9 Å². The van der Waals surface area contributed by atoms with Crippen LogP contribution in [-0.4, -0.2) is 53.9 Å². The summed E-state index contributed by atoms with van der Waals surface area (Å²) in [6, 6.07) is 37.2. The summed E-state index contributed by atoms with van der Waals surface area (Å²) in [6.45, 7) is 17.9. The van der Waals surface area contributed by atoms with E-state index in [-0.39, 0.29) is 59.4 Å². The van der Waals surface area contributed by atoms with Gasteiger partial charge in [0.2, 0.25) is 5.91 Å². The van der Waals surface area contributed by atoms with Crippen LogP contribution in [0.2, 0.25) is 0 Å². The first-order valence-corrected chi connectivity index (χ1v) is 27.1. The lowest BCUT2D eigenvalue weighted by Gasteiger charge is -2.24. The number of benzene rings is 3. The van der Waals surface area contributed by atoms with Gasteiger partial charge in [0.25, 0.3) is 5.91 Å². The molecule has 0 radical (unpaired) electrons. The minimum absolute atomic E-state index is 0.00385. The molecule has 3 amide bonds. The number of ether oxygens (including phenoxy) is 1. The summed E-state index contributed by atoms with van der Waals surface area (Å²) in [4.78, 5) is 64.4. The zero-order valence-electron chi connectivity index (χ0n) is 46.4. The first kappa shape index (κ1) is 63.3. The SMILES string of the molecule is C=C1CCC(=O)N1OC(=O)CCC(CC(C)(C)C#N)c1ccccc1.CC(=O)CCC(CC(C)(C)C#N)c1ccccc1.CC(C)(C#N)CC(CCC(=O)NCCCNC(=O)OC1CC/C=C/CCC1)c1ccccc1. The topological polar surface area (TPSA) is 202 Å². The molecule has 76 heavy (non-hydrogen) atoms. The van der Waals surface area contributed by atoms with E-state index in [2.05, 4.69) is 71.8 Å². The van der Waals surface area contributed by atoms with Crippen molar-refractivity contribution in [2.45, 2.75) is 181 Å². The number of carbonyl (C=O) groups is 5. The highest BCUT2D eigenvalue weighted by Gasteiger charge is 2.30. The number of nitrogens with zero attached hydrogens (tertiary/aromatic N) is 4. The number of rotatable bonds is 24. The van der Waals surface area contributed by atoms with Crippen LogP contribution >= 0.6 is 0 Å². The average molecular weight is 1040 g/mol. The molecule has 3 aromatic carbocycles. The molecule has 1 aliphatic heterocycles. The van der Waals surface area contributed by atoms with Crippen molar-refractivity contribution in [2.24, 2.45) is 16.2 Å². The van der Waals surface area contributed by atoms with E-state index >= 15 is 0 Å². The van der Waals surface area contributed by atoms with Gasteiger partial charge in [-0.3, -0.25) is 9.59 Å². The maximum absolute atomic E-state index is 12.3. The van der Waals surface area contributed by atoms with Crippen LogP contribution in [0.25, 0.3) is 0 Å². The molecule has 0 spiro atoms. The number of alkyl carbamates (subject to hydrolysis) is 1. The lowest BCUT2D eigenvalue weighted by molar-refractivity contribution is -0.186. The highest BCUT2D eigenvalue weighted by atomic mass is 16.7. The summed E-state index contributed by atoms with van der Waals surface area (Å²) in [7, 11) is 0. The number of carbonyl (C=O) groups excluding carboxylic acids is 5. The third-order valence-corrected chi connectivity index (χ3v) is 13.5. The van der Waals surface area contributed by atoms with E-state index in [0.717, 1.165) is 61.1 Å². The molecule has 1 heterocycles. The molecule has 2 N–H and O–H groups in total. The van der Waals surface area contributed by atoms with Gasteiger partial charge in [0, 0.05) is 38.8 Å². The fourth-order valence-electron chi connectivity index (χ4n) is 9.22. The number of hydroxylamine groups is 2. The summed E-state index contributed by atoms with van der Waals surface area (Å²) in [6.07, 6.45) is 15.7. The van der Waals surface area contributed by atoms with Gasteiger partial charge in [0.15, 0.2) is 0 Å². The Kier molecular flexibility index (Phi) is 27.5. The van der Waals surface area contributed by atoms with Crippen LogP contribution in [0.5, 0.6) is 0 Å². The molecule has 0 bridgehead atoms. The third kappa shape index (κ3) is 25.5. The molecule has 5 rings (SSSR count).